The van der Waals surface area contributed by atoms with Crippen molar-refractivity contribution >= 4 is 16.9 Å². The zero-order chi connectivity index (χ0) is 14.8. The van der Waals surface area contributed by atoms with Crippen molar-refractivity contribution < 1.29 is 14.3 Å². The van der Waals surface area contributed by atoms with Gasteiger partial charge in [0.1, 0.15) is 11.3 Å². The molecule has 0 aliphatic heterocycles. The van der Waals surface area contributed by atoms with Gasteiger partial charge in [0.15, 0.2) is 0 Å². The molecule has 1 unspecified atom stereocenters. The van der Waals surface area contributed by atoms with Crippen LogP contribution in [0.3, 0.4) is 0 Å². The van der Waals surface area contributed by atoms with Crippen LogP contribution in [0.1, 0.15) is 29.2 Å². The fourth-order valence-electron chi connectivity index (χ4n) is 2.60. The maximum absolute atomic E-state index is 11.2. The summed E-state index contributed by atoms with van der Waals surface area (Å²) in [7, 11) is 0. The molecule has 0 radical (unpaired) electrons. The van der Waals surface area contributed by atoms with Crippen LogP contribution < -0.4 is 0 Å². The van der Waals surface area contributed by atoms with Gasteiger partial charge in [-0.2, -0.15) is 0 Å². The minimum Gasteiger partial charge on any atom is -0.481 e. The summed E-state index contributed by atoms with van der Waals surface area (Å²) in [4.78, 5) is 11.2. The highest BCUT2D eigenvalue weighted by Gasteiger charge is 2.21. The van der Waals surface area contributed by atoms with E-state index < -0.39 is 5.97 Å². The second-order valence-corrected chi connectivity index (χ2v) is 5.25. The Morgan fingerprint density at radius 2 is 1.90 bits per heavy atom. The summed E-state index contributed by atoms with van der Waals surface area (Å²) in [5, 5.41) is 10.2. The minimum atomic E-state index is -0.833. The SMILES string of the molecule is Cc1ccc2oc(C(CC(=O)O)c3ccccc3)cc2c1. The lowest BCUT2D eigenvalue weighted by molar-refractivity contribution is -0.137. The molecule has 1 aromatic heterocycles. The summed E-state index contributed by atoms with van der Waals surface area (Å²) in [6.45, 7) is 2.03. The van der Waals surface area contributed by atoms with Gasteiger partial charge in [-0.15, -0.1) is 0 Å². The summed E-state index contributed by atoms with van der Waals surface area (Å²) in [6, 6.07) is 17.5. The number of rotatable bonds is 4. The molecule has 3 nitrogen and oxygen atoms in total. The fraction of sp³-hybridized carbons (Fsp3) is 0.167. The third kappa shape index (κ3) is 2.82. The first kappa shape index (κ1) is 13.4. The zero-order valence-corrected chi connectivity index (χ0v) is 11.7. The quantitative estimate of drug-likeness (QED) is 0.773. The molecule has 0 aliphatic rings. The van der Waals surface area contributed by atoms with Gasteiger partial charge in [0, 0.05) is 5.39 Å². The third-order valence-corrected chi connectivity index (χ3v) is 3.61. The van der Waals surface area contributed by atoms with Crippen LogP contribution in [-0.2, 0) is 4.79 Å². The van der Waals surface area contributed by atoms with E-state index in [-0.39, 0.29) is 12.3 Å². The molecule has 0 amide bonds. The van der Waals surface area contributed by atoms with E-state index in [1.165, 1.54) is 0 Å². The average Bonchev–Trinajstić information content (AvgIpc) is 2.88. The Bertz CT molecular complexity index is 772. The number of benzene rings is 2. The molecule has 1 N–H and O–H groups in total. The Morgan fingerprint density at radius 3 is 2.62 bits per heavy atom. The van der Waals surface area contributed by atoms with Crippen molar-refractivity contribution in [3.63, 3.8) is 0 Å². The van der Waals surface area contributed by atoms with E-state index in [4.69, 9.17) is 4.42 Å². The Hall–Kier alpha value is -2.55. The van der Waals surface area contributed by atoms with Gasteiger partial charge in [-0.3, -0.25) is 4.79 Å². The summed E-state index contributed by atoms with van der Waals surface area (Å²) >= 11 is 0. The summed E-state index contributed by atoms with van der Waals surface area (Å²) < 4.78 is 5.88. The summed E-state index contributed by atoms with van der Waals surface area (Å²) in [6.07, 6.45) is 0.0167. The third-order valence-electron chi connectivity index (χ3n) is 3.61. The number of aryl methyl sites for hydroxylation is 1. The number of furan rings is 1. The van der Waals surface area contributed by atoms with Gasteiger partial charge in [-0.25, -0.2) is 0 Å². The molecule has 1 heterocycles. The lowest BCUT2D eigenvalue weighted by atomic mass is 9.93. The Labute approximate surface area is 122 Å². The van der Waals surface area contributed by atoms with Gasteiger partial charge in [-0.1, -0.05) is 42.0 Å². The maximum Gasteiger partial charge on any atom is 0.304 e. The van der Waals surface area contributed by atoms with Crippen molar-refractivity contribution in [1.29, 1.82) is 0 Å². The topological polar surface area (TPSA) is 50.4 Å². The second-order valence-electron chi connectivity index (χ2n) is 5.25. The fourth-order valence-corrected chi connectivity index (χ4v) is 2.60. The molecule has 0 saturated carbocycles. The molecular weight excluding hydrogens is 264 g/mol. The van der Waals surface area contributed by atoms with E-state index in [1.54, 1.807) is 0 Å². The number of hydrogen-bond acceptors (Lipinski definition) is 2. The van der Waals surface area contributed by atoms with Crippen molar-refractivity contribution in [1.82, 2.24) is 0 Å². The Morgan fingerprint density at radius 1 is 1.14 bits per heavy atom. The van der Waals surface area contributed by atoms with Crippen LogP contribution >= 0.6 is 0 Å². The van der Waals surface area contributed by atoms with E-state index in [2.05, 4.69) is 0 Å². The summed E-state index contributed by atoms with van der Waals surface area (Å²) in [5.41, 5.74) is 2.90. The number of carboxylic acids is 1. The van der Waals surface area contributed by atoms with E-state index in [1.807, 2.05) is 61.5 Å². The molecule has 2 aromatic carbocycles. The largest absolute Gasteiger partial charge is 0.481 e. The molecule has 106 valence electrons. The van der Waals surface area contributed by atoms with Crippen molar-refractivity contribution in [3.8, 4) is 0 Å². The highest BCUT2D eigenvalue weighted by atomic mass is 16.4. The molecular formula is C18H16O3. The second kappa shape index (κ2) is 5.44. The first-order valence-electron chi connectivity index (χ1n) is 6.90. The number of fused-ring (bicyclic) bond motifs is 1. The van der Waals surface area contributed by atoms with Crippen LogP contribution in [0.4, 0.5) is 0 Å². The van der Waals surface area contributed by atoms with Crippen LogP contribution in [0.25, 0.3) is 11.0 Å². The predicted molar refractivity (Wildman–Crippen MR) is 81.5 cm³/mol. The van der Waals surface area contributed by atoms with Crippen molar-refractivity contribution in [2.24, 2.45) is 0 Å². The van der Waals surface area contributed by atoms with E-state index in [0.717, 1.165) is 22.1 Å². The van der Waals surface area contributed by atoms with Crippen LogP contribution in [0.5, 0.6) is 0 Å². The van der Waals surface area contributed by atoms with E-state index in [9.17, 15) is 9.90 Å². The molecule has 3 rings (SSSR count). The van der Waals surface area contributed by atoms with Crippen LogP contribution in [0, 0.1) is 6.92 Å². The highest BCUT2D eigenvalue weighted by molar-refractivity contribution is 5.79. The molecule has 3 aromatic rings. The van der Waals surface area contributed by atoms with Crippen molar-refractivity contribution in [2.45, 2.75) is 19.3 Å². The van der Waals surface area contributed by atoms with E-state index in [0.29, 0.717) is 5.76 Å². The molecule has 0 spiro atoms. The molecule has 21 heavy (non-hydrogen) atoms. The van der Waals surface area contributed by atoms with Gasteiger partial charge in [0.25, 0.3) is 0 Å². The minimum absolute atomic E-state index is 0.0167. The van der Waals surface area contributed by atoms with Crippen LogP contribution in [0.2, 0.25) is 0 Å². The van der Waals surface area contributed by atoms with Gasteiger partial charge < -0.3 is 9.52 Å². The van der Waals surface area contributed by atoms with Crippen LogP contribution in [-0.4, -0.2) is 11.1 Å². The molecule has 3 heteroatoms. The highest BCUT2D eigenvalue weighted by Crippen LogP contribution is 2.32. The predicted octanol–water partition coefficient (Wildman–Crippen LogP) is 4.35. The van der Waals surface area contributed by atoms with Gasteiger partial charge >= 0.3 is 5.97 Å². The normalized spacial score (nSPS) is 12.4. The summed E-state index contributed by atoms with van der Waals surface area (Å²) in [5.74, 6) is -0.402. The van der Waals surface area contributed by atoms with E-state index >= 15 is 0 Å². The standard InChI is InChI=1S/C18H16O3/c1-12-7-8-16-14(9-12)10-17(21-16)15(11-18(19)20)13-5-3-2-4-6-13/h2-10,15H,11H2,1H3,(H,19,20). The Kier molecular flexibility index (Phi) is 3.48. The number of carbonyl (C=O) groups is 1. The molecule has 0 fully saturated rings. The monoisotopic (exact) mass is 280 g/mol. The first-order chi connectivity index (χ1) is 10.1. The number of carboxylic acid groups (broad SMARTS) is 1. The molecule has 0 saturated heterocycles. The smallest absolute Gasteiger partial charge is 0.304 e. The average molecular weight is 280 g/mol. The van der Waals surface area contributed by atoms with Gasteiger partial charge in [-0.05, 0) is 30.7 Å². The number of hydrogen-bond donors (Lipinski definition) is 1. The van der Waals surface area contributed by atoms with Gasteiger partial charge in [0.2, 0.25) is 0 Å². The van der Waals surface area contributed by atoms with Crippen LogP contribution in [0.15, 0.2) is 59.0 Å². The Balaban J connectivity index is 2.07. The van der Waals surface area contributed by atoms with Crippen molar-refractivity contribution in [2.75, 3.05) is 0 Å². The zero-order valence-electron chi connectivity index (χ0n) is 11.7. The first-order valence-corrected chi connectivity index (χ1v) is 6.90. The van der Waals surface area contributed by atoms with Gasteiger partial charge in [0.05, 0.1) is 12.3 Å². The molecule has 0 aliphatic carbocycles. The van der Waals surface area contributed by atoms with Crippen molar-refractivity contribution in [3.05, 3.63) is 71.5 Å². The molecule has 1 atom stereocenters. The maximum atomic E-state index is 11.2. The molecule has 0 bridgehead atoms. The number of aliphatic carboxylic acids is 1. The lowest BCUT2D eigenvalue weighted by Crippen LogP contribution is -2.07. The lowest BCUT2D eigenvalue weighted by Gasteiger charge is -2.12.